The normalized spacial score (nSPS) is 10.7. The lowest BCUT2D eigenvalue weighted by atomic mass is 10.1. The number of halogens is 2. The summed E-state index contributed by atoms with van der Waals surface area (Å²) in [4.78, 5) is 27.3. The Bertz CT molecular complexity index is 919. The summed E-state index contributed by atoms with van der Waals surface area (Å²) in [7, 11) is 0. The molecule has 0 aliphatic carbocycles. The summed E-state index contributed by atoms with van der Waals surface area (Å²) in [6.07, 6.45) is 1.43. The molecule has 0 atom stereocenters. The van der Waals surface area contributed by atoms with Gasteiger partial charge in [-0.3, -0.25) is 9.69 Å². The molecule has 6 nitrogen and oxygen atoms in total. The van der Waals surface area contributed by atoms with Gasteiger partial charge in [-0.05, 0) is 25.5 Å². The van der Waals surface area contributed by atoms with Crippen LogP contribution in [0.2, 0.25) is 10.2 Å². The number of aromatic nitrogens is 3. The van der Waals surface area contributed by atoms with Crippen molar-refractivity contribution in [2.75, 3.05) is 10.6 Å². The Hall–Kier alpha value is -2.22. The molecule has 128 valence electrons. The van der Waals surface area contributed by atoms with E-state index in [-0.39, 0.29) is 11.1 Å². The highest BCUT2D eigenvalue weighted by atomic mass is 35.5. The number of carbonyl (C=O) groups excluding carboxylic acids is 1. The molecule has 0 aliphatic rings. The van der Waals surface area contributed by atoms with Crippen LogP contribution in [0.25, 0.3) is 0 Å². The number of thiazole rings is 1. The van der Waals surface area contributed by atoms with Crippen LogP contribution in [0.1, 0.15) is 21.1 Å². The minimum atomic E-state index is -0.348. The van der Waals surface area contributed by atoms with Crippen LogP contribution in [0.4, 0.5) is 16.6 Å². The molecule has 9 heteroatoms. The van der Waals surface area contributed by atoms with Gasteiger partial charge in [0.15, 0.2) is 5.13 Å². The minimum Gasteiger partial charge on any atom is -0.375 e. The summed E-state index contributed by atoms with van der Waals surface area (Å²) in [6, 6.07) is 6.89. The number of para-hydroxylation sites is 1. The molecule has 25 heavy (non-hydrogen) atoms. The van der Waals surface area contributed by atoms with Crippen molar-refractivity contribution in [2.45, 2.75) is 13.8 Å². The number of hydrogen-bond acceptors (Lipinski definition) is 6. The third-order valence-electron chi connectivity index (χ3n) is 3.37. The number of benzene rings is 1. The molecule has 0 saturated carbocycles. The second-order valence-corrected chi connectivity index (χ2v) is 7.06. The van der Waals surface area contributed by atoms with E-state index in [1.807, 2.05) is 19.1 Å². The van der Waals surface area contributed by atoms with E-state index in [1.165, 1.54) is 17.2 Å². The fourth-order valence-electron chi connectivity index (χ4n) is 2.35. The molecule has 0 fully saturated rings. The Morgan fingerprint density at radius 2 is 2.00 bits per heavy atom. The Morgan fingerprint density at radius 3 is 2.60 bits per heavy atom. The van der Waals surface area contributed by atoms with E-state index in [4.69, 9.17) is 28.9 Å². The first-order valence-electron chi connectivity index (χ1n) is 7.19. The maximum Gasteiger partial charge on any atom is 0.275 e. The quantitative estimate of drug-likeness (QED) is 0.665. The first-order chi connectivity index (χ1) is 11.9. The van der Waals surface area contributed by atoms with Crippen LogP contribution >= 0.6 is 34.5 Å². The number of nitrogen functional groups attached to an aromatic ring is 1. The highest BCUT2D eigenvalue weighted by Crippen LogP contribution is 2.36. The van der Waals surface area contributed by atoms with Gasteiger partial charge in [-0.15, -0.1) is 0 Å². The molecule has 1 amide bonds. The van der Waals surface area contributed by atoms with Gasteiger partial charge in [0.1, 0.15) is 21.7 Å². The molecule has 0 saturated heterocycles. The zero-order chi connectivity index (χ0) is 18.1. The summed E-state index contributed by atoms with van der Waals surface area (Å²) in [5.74, 6) is 0.416. The second kappa shape index (κ2) is 6.95. The molecule has 3 aromatic rings. The number of nitrogens with zero attached hydrogens (tertiary/aromatic N) is 4. The van der Waals surface area contributed by atoms with E-state index in [1.54, 1.807) is 13.0 Å². The standard InChI is InChI=1S/C16H13Cl2N5OS/c1-8-4-3-5-10(17)14(8)23(13-6-12(18)21-9(2)22-13)15(24)11-7-20-16(19)25-11/h3-7H,1-2H3,(H2,19,20). The Kier molecular flexibility index (Phi) is 4.89. The average molecular weight is 394 g/mol. The third kappa shape index (κ3) is 3.58. The van der Waals surface area contributed by atoms with Crippen molar-refractivity contribution in [3.8, 4) is 0 Å². The van der Waals surface area contributed by atoms with Crippen LogP contribution in [-0.2, 0) is 0 Å². The van der Waals surface area contributed by atoms with E-state index >= 15 is 0 Å². The summed E-state index contributed by atoms with van der Waals surface area (Å²) in [6.45, 7) is 3.56. The highest BCUT2D eigenvalue weighted by Gasteiger charge is 2.26. The van der Waals surface area contributed by atoms with Crippen molar-refractivity contribution in [3.63, 3.8) is 0 Å². The molecule has 0 spiro atoms. The van der Waals surface area contributed by atoms with E-state index in [2.05, 4.69) is 15.0 Å². The van der Waals surface area contributed by atoms with E-state index in [0.717, 1.165) is 16.9 Å². The lowest BCUT2D eigenvalue weighted by Crippen LogP contribution is -2.27. The largest absolute Gasteiger partial charge is 0.375 e. The van der Waals surface area contributed by atoms with E-state index in [0.29, 0.717) is 32.4 Å². The van der Waals surface area contributed by atoms with Crippen molar-refractivity contribution in [2.24, 2.45) is 0 Å². The van der Waals surface area contributed by atoms with Gasteiger partial charge in [0.05, 0.1) is 16.9 Å². The van der Waals surface area contributed by atoms with E-state index in [9.17, 15) is 4.79 Å². The lowest BCUT2D eigenvalue weighted by molar-refractivity contribution is 0.100. The van der Waals surface area contributed by atoms with Crippen molar-refractivity contribution >= 4 is 57.1 Å². The zero-order valence-corrected chi connectivity index (χ0v) is 15.7. The Balaban J connectivity index is 2.23. The maximum atomic E-state index is 13.2. The van der Waals surface area contributed by atoms with Crippen molar-refractivity contribution in [3.05, 3.63) is 56.9 Å². The fraction of sp³-hybridized carbons (Fsp3) is 0.125. The highest BCUT2D eigenvalue weighted by molar-refractivity contribution is 7.17. The number of anilines is 3. The second-order valence-electron chi connectivity index (χ2n) is 5.20. The summed E-state index contributed by atoms with van der Waals surface area (Å²) < 4.78 is 0. The van der Waals surface area contributed by atoms with Gasteiger partial charge in [0.25, 0.3) is 5.91 Å². The zero-order valence-electron chi connectivity index (χ0n) is 13.3. The molecule has 0 bridgehead atoms. The number of amides is 1. The molecule has 2 N–H and O–H groups in total. The molecular formula is C16H13Cl2N5OS. The summed E-state index contributed by atoms with van der Waals surface area (Å²) >= 11 is 13.5. The molecule has 0 unspecified atom stereocenters. The first kappa shape index (κ1) is 17.6. The topological polar surface area (TPSA) is 85.0 Å². The SMILES string of the molecule is Cc1nc(Cl)cc(N(C(=O)c2cnc(N)s2)c2c(C)cccc2Cl)n1. The van der Waals surface area contributed by atoms with Crippen molar-refractivity contribution in [1.29, 1.82) is 0 Å². The van der Waals surface area contributed by atoms with Crippen LogP contribution < -0.4 is 10.6 Å². The third-order valence-corrected chi connectivity index (χ3v) is 4.68. The Morgan fingerprint density at radius 1 is 1.24 bits per heavy atom. The van der Waals surface area contributed by atoms with Gasteiger partial charge in [-0.1, -0.05) is 46.7 Å². The number of rotatable bonds is 3. The predicted octanol–water partition coefficient (Wildman–Crippen LogP) is 4.42. The number of hydrogen-bond donors (Lipinski definition) is 1. The molecular weight excluding hydrogens is 381 g/mol. The monoisotopic (exact) mass is 393 g/mol. The number of aryl methyl sites for hydroxylation is 2. The Labute approximate surface area is 158 Å². The van der Waals surface area contributed by atoms with Gasteiger partial charge in [-0.2, -0.15) is 0 Å². The van der Waals surface area contributed by atoms with Crippen LogP contribution in [0.5, 0.6) is 0 Å². The van der Waals surface area contributed by atoms with Crippen LogP contribution in [-0.4, -0.2) is 20.9 Å². The van der Waals surface area contributed by atoms with Gasteiger partial charge < -0.3 is 5.73 Å². The molecule has 1 aromatic carbocycles. The number of nitrogens with two attached hydrogens (primary N) is 1. The minimum absolute atomic E-state index is 0.230. The first-order valence-corrected chi connectivity index (χ1v) is 8.76. The number of carbonyl (C=O) groups is 1. The molecule has 2 aromatic heterocycles. The van der Waals surface area contributed by atoms with Gasteiger partial charge in [0.2, 0.25) is 0 Å². The predicted molar refractivity (Wildman–Crippen MR) is 101 cm³/mol. The molecule has 0 radical (unpaired) electrons. The molecule has 0 aliphatic heterocycles. The average Bonchev–Trinajstić information content (AvgIpc) is 2.96. The van der Waals surface area contributed by atoms with Crippen molar-refractivity contribution < 1.29 is 4.79 Å². The summed E-state index contributed by atoms with van der Waals surface area (Å²) in [5.41, 5.74) is 7.00. The molecule has 3 rings (SSSR count). The van der Waals surface area contributed by atoms with Gasteiger partial charge >= 0.3 is 0 Å². The van der Waals surface area contributed by atoms with Crippen LogP contribution in [0, 0.1) is 13.8 Å². The van der Waals surface area contributed by atoms with Crippen LogP contribution in [0.15, 0.2) is 30.5 Å². The van der Waals surface area contributed by atoms with Crippen molar-refractivity contribution in [1.82, 2.24) is 15.0 Å². The van der Waals surface area contributed by atoms with Gasteiger partial charge in [-0.25, -0.2) is 15.0 Å². The van der Waals surface area contributed by atoms with E-state index < -0.39 is 0 Å². The van der Waals surface area contributed by atoms with Crippen LogP contribution in [0.3, 0.4) is 0 Å². The fourth-order valence-corrected chi connectivity index (χ4v) is 3.50. The maximum absolute atomic E-state index is 13.2. The smallest absolute Gasteiger partial charge is 0.275 e. The molecule has 2 heterocycles. The lowest BCUT2D eigenvalue weighted by Gasteiger charge is -2.24. The summed E-state index contributed by atoms with van der Waals surface area (Å²) in [5, 5.41) is 0.947. The van der Waals surface area contributed by atoms with Gasteiger partial charge in [0, 0.05) is 6.07 Å².